The topological polar surface area (TPSA) is 27.7 Å². The minimum atomic E-state index is -0.380. The number of rotatable bonds is 1. The van der Waals surface area contributed by atoms with Crippen molar-refractivity contribution in [1.29, 1.82) is 0 Å². The first-order valence-corrected chi connectivity index (χ1v) is 6.76. The number of hydrogen-bond acceptors (Lipinski definition) is 3. The molecule has 2 fully saturated rings. The van der Waals surface area contributed by atoms with E-state index in [-0.39, 0.29) is 11.9 Å². The van der Waals surface area contributed by atoms with Gasteiger partial charge in [0.05, 0.1) is 23.3 Å². The van der Waals surface area contributed by atoms with E-state index >= 15 is 0 Å². The molecule has 3 rings (SSSR count). The normalized spacial score (nSPS) is 32.0. The van der Waals surface area contributed by atoms with Gasteiger partial charge in [0.15, 0.2) is 6.29 Å². The van der Waals surface area contributed by atoms with E-state index in [4.69, 9.17) is 37.4 Å². The van der Waals surface area contributed by atoms with Gasteiger partial charge in [-0.3, -0.25) is 0 Å². The zero-order valence-corrected chi connectivity index (χ0v) is 11.3. The number of halogens is 2. The molecule has 2 heterocycles. The predicted molar refractivity (Wildman–Crippen MR) is 69.0 cm³/mol. The summed E-state index contributed by atoms with van der Waals surface area (Å²) in [4.78, 5) is 0. The molecule has 0 atom stereocenters. The van der Waals surface area contributed by atoms with Crippen LogP contribution in [0, 0.1) is 0 Å². The quantitative estimate of drug-likeness (QED) is 0.790. The van der Waals surface area contributed by atoms with Gasteiger partial charge in [0.25, 0.3) is 0 Å². The van der Waals surface area contributed by atoms with Crippen molar-refractivity contribution in [2.45, 2.75) is 24.7 Å². The summed E-state index contributed by atoms with van der Waals surface area (Å²) < 4.78 is 17.2. The molecule has 0 saturated carbocycles. The lowest BCUT2D eigenvalue weighted by molar-refractivity contribution is -0.258. The molecular weight excluding hydrogens is 275 g/mol. The maximum atomic E-state index is 5.99. The van der Waals surface area contributed by atoms with Gasteiger partial charge in [-0.05, 0) is 25.0 Å². The lowest BCUT2D eigenvalue weighted by Gasteiger charge is -2.36. The van der Waals surface area contributed by atoms with Crippen LogP contribution in [0.3, 0.4) is 0 Å². The summed E-state index contributed by atoms with van der Waals surface area (Å²) in [5.74, 6) is 0. The molecule has 18 heavy (non-hydrogen) atoms. The largest absolute Gasteiger partial charge is 0.370 e. The van der Waals surface area contributed by atoms with Crippen LogP contribution in [0.25, 0.3) is 0 Å². The highest BCUT2D eigenvalue weighted by molar-refractivity contribution is 6.42. The predicted octanol–water partition coefficient (Wildman–Crippen LogP) is 3.59. The van der Waals surface area contributed by atoms with E-state index in [0.717, 1.165) is 25.0 Å². The van der Waals surface area contributed by atoms with Crippen LogP contribution in [0.5, 0.6) is 0 Å². The molecule has 0 aromatic heterocycles. The average molecular weight is 289 g/mol. The fourth-order valence-electron chi connectivity index (χ4n) is 2.38. The summed E-state index contributed by atoms with van der Waals surface area (Å²) in [5, 5.41) is 1.05. The molecule has 1 aromatic carbocycles. The van der Waals surface area contributed by atoms with Crippen molar-refractivity contribution in [1.82, 2.24) is 0 Å². The molecule has 1 aromatic rings. The first-order valence-electron chi connectivity index (χ1n) is 6.01. The van der Waals surface area contributed by atoms with Gasteiger partial charge in [0, 0.05) is 12.2 Å². The summed E-state index contributed by atoms with van der Waals surface area (Å²) in [6, 6.07) is 5.40. The first-order chi connectivity index (χ1) is 8.69. The van der Waals surface area contributed by atoms with Gasteiger partial charge in [0.1, 0.15) is 5.60 Å². The number of ether oxygens (including phenoxy) is 3. The molecule has 0 N–H and O–H groups in total. The third-order valence-corrected chi connectivity index (χ3v) is 4.14. The van der Waals surface area contributed by atoms with Crippen molar-refractivity contribution in [3.05, 3.63) is 33.8 Å². The van der Waals surface area contributed by atoms with Gasteiger partial charge >= 0.3 is 0 Å². The summed E-state index contributed by atoms with van der Waals surface area (Å²) in [6.07, 6.45) is 1.69. The van der Waals surface area contributed by atoms with Crippen LogP contribution < -0.4 is 0 Å². The maximum Gasteiger partial charge on any atom is 0.184 e. The van der Waals surface area contributed by atoms with Crippen molar-refractivity contribution in [2.75, 3.05) is 19.8 Å². The Bertz CT molecular complexity index is 434. The van der Waals surface area contributed by atoms with Crippen molar-refractivity contribution < 1.29 is 14.2 Å². The van der Waals surface area contributed by atoms with Crippen molar-refractivity contribution in [3.8, 4) is 0 Å². The molecule has 1 spiro atoms. The van der Waals surface area contributed by atoms with Crippen molar-refractivity contribution >= 4 is 23.2 Å². The third-order valence-electron chi connectivity index (χ3n) is 3.40. The molecule has 0 radical (unpaired) electrons. The maximum absolute atomic E-state index is 5.99. The van der Waals surface area contributed by atoms with Crippen LogP contribution in [-0.4, -0.2) is 25.4 Å². The van der Waals surface area contributed by atoms with Gasteiger partial charge < -0.3 is 14.2 Å². The second-order valence-corrected chi connectivity index (χ2v) is 5.58. The standard InChI is InChI=1S/C13H14Cl2O3/c14-10-3-2-9(6-11(10)15)12-16-7-13(8-17-12)4-1-5-18-13/h2-3,6,12H,1,4-5,7-8H2. The Balaban J connectivity index is 1.70. The average Bonchev–Trinajstić information content (AvgIpc) is 2.82. The Morgan fingerprint density at radius 1 is 1.11 bits per heavy atom. The van der Waals surface area contributed by atoms with Crippen LogP contribution in [0.4, 0.5) is 0 Å². The van der Waals surface area contributed by atoms with E-state index in [1.807, 2.05) is 6.07 Å². The van der Waals surface area contributed by atoms with Gasteiger partial charge in [0.2, 0.25) is 0 Å². The monoisotopic (exact) mass is 288 g/mol. The number of benzene rings is 1. The van der Waals surface area contributed by atoms with Gasteiger partial charge in [-0.1, -0.05) is 29.3 Å². The van der Waals surface area contributed by atoms with Crippen LogP contribution in [0.15, 0.2) is 18.2 Å². The summed E-state index contributed by atoms with van der Waals surface area (Å²) in [6.45, 7) is 1.93. The van der Waals surface area contributed by atoms with E-state index in [0.29, 0.717) is 23.3 Å². The smallest absolute Gasteiger partial charge is 0.184 e. The lowest BCUT2D eigenvalue weighted by Crippen LogP contribution is -2.44. The van der Waals surface area contributed by atoms with E-state index in [1.165, 1.54) is 0 Å². The van der Waals surface area contributed by atoms with E-state index in [9.17, 15) is 0 Å². The zero-order valence-electron chi connectivity index (χ0n) is 9.83. The second kappa shape index (κ2) is 4.99. The van der Waals surface area contributed by atoms with Gasteiger partial charge in [-0.2, -0.15) is 0 Å². The van der Waals surface area contributed by atoms with Crippen molar-refractivity contribution in [2.24, 2.45) is 0 Å². The highest BCUT2D eigenvalue weighted by atomic mass is 35.5. The minimum Gasteiger partial charge on any atom is -0.370 e. The second-order valence-electron chi connectivity index (χ2n) is 4.76. The Labute approximate surface area is 116 Å². The van der Waals surface area contributed by atoms with Crippen molar-refractivity contribution in [3.63, 3.8) is 0 Å². The highest BCUT2D eigenvalue weighted by Crippen LogP contribution is 2.36. The molecule has 2 aliphatic heterocycles. The minimum absolute atomic E-state index is 0.229. The van der Waals surface area contributed by atoms with E-state index < -0.39 is 0 Å². The summed E-state index contributed by atoms with van der Waals surface area (Å²) >= 11 is 11.9. The van der Waals surface area contributed by atoms with Crippen LogP contribution in [-0.2, 0) is 14.2 Å². The van der Waals surface area contributed by atoms with Crippen LogP contribution >= 0.6 is 23.2 Å². The fourth-order valence-corrected chi connectivity index (χ4v) is 2.69. The number of hydrogen-bond donors (Lipinski definition) is 0. The van der Waals surface area contributed by atoms with E-state index in [1.54, 1.807) is 12.1 Å². The molecule has 98 valence electrons. The van der Waals surface area contributed by atoms with Gasteiger partial charge in [-0.25, -0.2) is 0 Å². The molecule has 2 saturated heterocycles. The molecule has 0 aliphatic carbocycles. The SMILES string of the molecule is Clc1ccc(C2OCC3(CCCO3)CO2)cc1Cl. The fraction of sp³-hybridized carbons (Fsp3) is 0.538. The molecule has 0 amide bonds. The summed E-state index contributed by atoms with van der Waals surface area (Å²) in [7, 11) is 0. The molecule has 3 nitrogen and oxygen atoms in total. The van der Waals surface area contributed by atoms with Gasteiger partial charge in [-0.15, -0.1) is 0 Å². The first kappa shape index (κ1) is 12.7. The zero-order chi connectivity index (χ0) is 12.6. The third kappa shape index (κ3) is 2.38. The van der Waals surface area contributed by atoms with Crippen LogP contribution in [0.1, 0.15) is 24.7 Å². The molecule has 2 aliphatic rings. The highest BCUT2D eigenvalue weighted by Gasteiger charge is 2.41. The van der Waals surface area contributed by atoms with Crippen LogP contribution in [0.2, 0.25) is 10.0 Å². The molecule has 5 heteroatoms. The Kier molecular flexibility index (Phi) is 3.52. The summed E-state index contributed by atoms with van der Waals surface area (Å²) in [5.41, 5.74) is 0.657. The Morgan fingerprint density at radius 2 is 1.89 bits per heavy atom. The molecule has 0 unspecified atom stereocenters. The molecular formula is C13H14Cl2O3. The van der Waals surface area contributed by atoms with E-state index in [2.05, 4.69) is 0 Å². The Hall–Kier alpha value is -0.320. The molecule has 0 bridgehead atoms. The Morgan fingerprint density at radius 3 is 2.50 bits per heavy atom. The lowest BCUT2D eigenvalue weighted by atomic mass is 10.0.